The molecule has 1 atom stereocenters. The zero-order valence-corrected chi connectivity index (χ0v) is 12.1. The fourth-order valence-electron chi connectivity index (χ4n) is 2.54. The van der Waals surface area contributed by atoms with Gasteiger partial charge in [-0.2, -0.15) is 0 Å². The van der Waals surface area contributed by atoms with Crippen molar-refractivity contribution < 1.29 is 4.74 Å². The first-order chi connectivity index (χ1) is 8.66. The summed E-state index contributed by atoms with van der Waals surface area (Å²) < 4.78 is 8.88. The fraction of sp³-hybridized carbons (Fsp3) is 0.538. The summed E-state index contributed by atoms with van der Waals surface area (Å²) in [5, 5.41) is 0. The summed E-state index contributed by atoms with van der Waals surface area (Å²) in [5.41, 5.74) is 2.06. The number of hydrogen-bond acceptors (Lipinski definition) is 3. The second-order valence-corrected chi connectivity index (χ2v) is 5.74. The minimum atomic E-state index is 0.138. The van der Waals surface area contributed by atoms with E-state index in [1.54, 1.807) is 0 Å². The summed E-state index contributed by atoms with van der Waals surface area (Å²) in [5.74, 6) is 1.04. The normalized spacial score (nSPS) is 20.1. The molecule has 0 spiro atoms. The van der Waals surface area contributed by atoms with Crippen LogP contribution in [0.3, 0.4) is 0 Å². The number of imidazole rings is 1. The van der Waals surface area contributed by atoms with E-state index in [9.17, 15) is 0 Å². The molecule has 3 rings (SSSR count). The standard InChI is InChI=1S/C13H16BrN3O/c1-8(2)17-10-6-12(14)15-7-9(10)16-13(17)11-4-3-5-18-11/h6-8,11H,3-5H2,1-2H3. The first-order valence-corrected chi connectivity index (χ1v) is 7.11. The van der Waals surface area contributed by atoms with Gasteiger partial charge in [0.1, 0.15) is 22.0 Å². The maximum absolute atomic E-state index is 5.77. The van der Waals surface area contributed by atoms with Crippen LogP contribution in [0.2, 0.25) is 0 Å². The zero-order valence-electron chi connectivity index (χ0n) is 10.6. The lowest BCUT2D eigenvalue weighted by Gasteiger charge is -2.16. The summed E-state index contributed by atoms with van der Waals surface area (Å²) in [6.45, 7) is 5.19. The highest BCUT2D eigenvalue weighted by atomic mass is 79.9. The molecule has 0 radical (unpaired) electrons. The van der Waals surface area contributed by atoms with Gasteiger partial charge in [0.25, 0.3) is 0 Å². The average molecular weight is 310 g/mol. The van der Waals surface area contributed by atoms with Gasteiger partial charge in [-0.1, -0.05) is 0 Å². The predicted octanol–water partition coefficient (Wildman–Crippen LogP) is 3.63. The van der Waals surface area contributed by atoms with Gasteiger partial charge in [0.05, 0.1) is 11.7 Å². The van der Waals surface area contributed by atoms with E-state index in [1.165, 1.54) is 0 Å². The van der Waals surface area contributed by atoms with Crippen LogP contribution in [0, 0.1) is 0 Å². The minimum Gasteiger partial charge on any atom is -0.370 e. The van der Waals surface area contributed by atoms with E-state index in [-0.39, 0.29) is 6.10 Å². The molecule has 1 saturated heterocycles. The van der Waals surface area contributed by atoms with Gasteiger partial charge in [-0.05, 0) is 48.7 Å². The third-order valence-corrected chi connectivity index (χ3v) is 3.74. The number of aromatic nitrogens is 3. The highest BCUT2D eigenvalue weighted by Crippen LogP contribution is 2.32. The van der Waals surface area contributed by atoms with E-state index >= 15 is 0 Å². The molecule has 0 N–H and O–H groups in total. The van der Waals surface area contributed by atoms with E-state index in [1.807, 2.05) is 12.3 Å². The van der Waals surface area contributed by atoms with Crippen LogP contribution < -0.4 is 0 Å². The molecule has 1 aliphatic rings. The Morgan fingerprint density at radius 3 is 3.00 bits per heavy atom. The number of hydrogen-bond donors (Lipinski definition) is 0. The lowest BCUT2D eigenvalue weighted by Crippen LogP contribution is -2.10. The Bertz CT molecular complexity index is 573. The highest BCUT2D eigenvalue weighted by molar-refractivity contribution is 9.10. The number of rotatable bonds is 2. The summed E-state index contributed by atoms with van der Waals surface area (Å²) in [6, 6.07) is 2.39. The maximum Gasteiger partial charge on any atom is 0.139 e. The van der Waals surface area contributed by atoms with Gasteiger partial charge in [0.15, 0.2) is 0 Å². The van der Waals surface area contributed by atoms with Crippen molar-refractivity contribution in [3.8, 4) is 0 Å². The average Bonchev–Trinajstić information content (AvgIpc) is 2.94. The van der Waals surface area contributed by atoms with E-state index < -0.39 is 0 Å². The van der Waals surface area contributed by atoms with E-state index in [0.717, 1.165) is 40.9 Å². The Kier molecular flexibility index (Phi) is 3.11. The van der Waals surface area contributed by atoms with E-state index in [2.05, 4.69) is 39.3 Å². The van der Waals surface area contributed by atoms with Gasteiger partial charge >= 0.3 is 0 Å². The Hall–Kier alpha value is -0.940. The Balaban J connectivity index is 2.20. The molecular formula is C13H16BrN3O. The Labute approximate surface area is 115 Å². The smallest absolute Gasteiger partial charge is 0.139 e. The quantitative estimate of drug-likeness (QED) is 0.795. The van der Waals surface area contributed by atoms with E-state index in [4.69, 9.17) is 9.72 Å². The van der Waals surface area contributed by atoms with Crippen LogP contribution in [0.1, 0.15) is 44.7 Å². The van der Waals surface area contributed by atoms with Crippen molar-refractivity contribution in [3.05, 3.63) is 22.7 Å². The number of pyridine rings is 1. The third kappa shape index (κ3) is 1.95. The van der Waals surface area contributed by atoms with Crippen LogP contribution >= 0.6 is 15.9 Å². The van der Waals surface area contributed by atoms with Crippen LogP contribution in [0.4, 0.5) is 0 Å². The molecule has 0 aromatic carbocycles. The Morgan fingerprint density at radius 2 is 2.33 bits per heavy atom. The third-order valence-electron chi connectivity index (χ3n) is 3.30. The second-order valence-electron chi connectivity index (χ2n) is 4.93. The molecule has 1 aliphatic heterocycles. The summed E-state index contributed by atoms with van der Waals surface area (Å²) in [4.78, 5) is 8.96. The molecule has 1 unspecified atom stereocenters. The van der Waals surface area contributed by atoms with Crippen molar-refractivity contribution in [3.63, 3.8) is 0 Å². The largest absolute Gasteiger partial charge is 0.370 e. The van der Waals surface area contributed by atoms with Crippen molar-refractivity contribution >= 4 is 27.0 Å². The van der Waals surface area contributed by atoms with Gasteiger partial charge in [-0.3, -0.25) is 0 Å². The molecule has 3 heterocycles. The number of ether oxygens (including phenoxy) is 1. The summed E-state index contributed by atoms with van der Waals surface area (Å²) >= 11 is 3.43. The van der Waals surface area contributed by atoms with Gasteiger partial charge in [0.2, 0.25) is 0 Å². The van der Waals surface area contributed by atoms with Crippen LogP contribution in [0.15, 0.2) is 16.9 Å². The molecule has 0 saturated carbocycles. The van der Waals surface area contributed by atoms with E-state index in [0.29, 0.717) is 6.04 Å². The van der Waals surface area contributed by atoms with Gasteiger partial charge in [-0.25, -0.2) is 9.97 Å². The van der Waals surface area contributed by atoms with Crippen LogP contribution in [-0.2, 0) is 4.74 Å². The Morgan fingerprint density at radius 1 is 1.50 bits per heavy atom. The van der Waals surface area contributed by atoms with Crippen LogP contribution in [0.5, 0.6) is 0 Å². The zero-order chi connectivity index (χ0) is 12.7. The number of halogens is 1. The molecule has 18 heavy (non-hydrogen) atoms. The lowest BCUT2D eigenvalue weighted by atomic mass is 10.2. The first-order valence-electron chi connectivity index (χ1n) is 6.32. The topological polar surface area (TPSA) is 39.9 Å². The van der Waals surface area contributed by atoms with Crippen molar-refractivity contribution in [2.24, 2.45) is 0 Å². The monoisotopic (exact) mass is 309 g/mol. The molecule has 1 fully saturated rings. The molecule has 4 nitrogen and oxygen atoms in total. The maximum atomic E-state index is 5.77. The molecule has 0 aliphatic carbocycles. The van der Waals surface area contributed by atoms with Gasteiger partial charge in [0, 0.05) is 12.6 Å². The minimum absolute atomic E-state index is 0.138. The van der Waals surface area contributed by atoms with Gasteiger partial charge in [-0.15, -0.1) is 0 Å². The van der Waals surface area contributed by atoms with Crippen LogP contribution in [0.25, 0.3) is 11.0 Å². The first kappa shape index (κ1) is 12.1. The predicted molar refractivity (Wildman–Crippen MR) is 73.5 cm³/mol. The molecule has 96 valence electrons. The molecule has 0 amide bonds. The molecule has 2 aromatic rings. The SMILES string of the molecule is CC(C)n1c(C2CCCO2)nc2cnc(Br)cc21. The van der Waals surface area contributed by atoms with Crippen molar-refractivity contribution in [1.82, 2.24) is 14.5 Å². The molecule has 0 bridgehead atoms. The van der Waals surface area contributed by atoms with Crippen LogP contribution in [-0.4, -0.2) is 21.1 Å². The van der Waals surface area contributed by atoms with Gasteiger partial charge < -0.3 is 9.30 Å². The molecule has 2 aromatic heterocycles. The lowest BCUT2D eigenvalue weighted by molar-refractivity contribution is 0.101. The van der Waals surface area contributed by atoms with Crippen molar-refractivity contribution in [1.29, 1.82) is 0 Å². The highest BCUT2D eigenvalue weighted by Gasteiger charge is 2.25. The van der Waals surface area contributed by atoms with Crippen molar-refractivity contribution in [2.45, 2.75) is 38.8 Å². The second kappa shape index (κ2) is 4.63. The number of fused-ring (bicyclic) bond motifs is 1. The summed E-state index contributed by atoms with van der Waals surface area (Å²) in [6.07, 6.45) is 4.13. The summed E-state index contributed by atoms with van der Waals surface area (Å²) in [7, 11) is 0. The fourth-order valence-corrected chi connectivity index (χ4v) is 2.86. The molecule has 5 heteroatoms. The number of nitrogens with zero attached hydrogens (tertiary/aromatic N) is 3. The van der Waals surface area contributed by atoms with Crippen molar-refractivity contribution in [2.75, 3.05) is 6.61 Å². The molecular weight excluding hydrogens is 294 g/mol.